The molecule has 1 aromatic carbocycles. The molecule has 0 saturated carbocycles. The molecule has 1 aromatic heterocycles. The van der Waals surface area contributed by atoms with E-state index in [-0.39, 0.29) is 11.7 Å². The number of amides is 1. The van der Waals surface area contributed by atoms with Crippen molar-refractivity contribution in [1.29, 1.82) is 0 Å². The lowest BCUT2D eigenvalue weighted by atomic mass is 10.1. The molecule has 2 aromatic rings. The van der Waals surface area contributed by atoms with Gasteiger partial charge in [0, 0.05) is 38.8 Å². The van der Waals surface area contributed by atoms with Crippen molar-refractivity contribution >= 4 is 17.9 Å². The van der Waals surface area contributed by atoms with E-state index in [1.807, 2.05) is 4.90 Å². The Labute approximate surface area is 164 Å². The van der Waals surface area contributed by atoms with E-state index in [1.165, 1.54) is 30.4 Å². The Morgan fingerprint density at radius 2 is 1.90 bits per heavy atom. The highest BCUT2D eigenvalue weighted by Gasteiger charge is 2.30. The van der Waals surface area contributed by atoms with Gasteiger partial charge in [0.1, 0.15) is 10.7 Å². The zero-order valence-electron chi connectivity index (χ0n) is 15.3. The quantitative estimate of drug-likeness (QED) is 0.429. The molecule has 154 valence electrons. The summed E-state index contributed by atoms with van der Waals surface area (Å²) in [5.41, 5.74) is -0.106. The third-order valence-electron chi connectivity index (χ3n) is 4.53. The number of halogens is 3. The van der Waals surface area contributed by atoms with Crippen LogP contribution in [0, 0.1) is 10.1 Å². The van der Waals surface area contributed by atoms with Crippen molar-refractivity contribution < 1.29 is 27.3 Å². The number of carbonyl (C=O) groups excluding carboxylic acids is 1. The number of nitrogens with zero attached hydrogens (tertiary/aromatic N) is 3. The standard InChI is InChI=1S/C19H18F3N3O4/c20-19(21,22)15-3-1-2-14(12-15)13-23-8-10-24(11-9-23)17(26)6-4-16-5-7-18(29-16)25(27)28/h1-7,12H,8-11,13H2/b6-4+. The number of hydrogen-bond acceptors (Lipinski definition) is 5. The summed E-state index contributed by atoms with van der Waals surface area (Å²) in [4.78, 5) is 25.8. The van der Waals surface area contributed by atoms with Crippen molar-refractivity contribution in [3.05, 3.63) is 69.5 Å². The van der Waals surface area contributed by atoms with Crippen LogP contribution in [0.15, 0.2) is 46.9 Å². The van der Waals surface area contributed by atoms with E-state index in [4.69, 9.17) is 4.42 Å². The topological polar surface area (TPSA) is 79.8 Å². The third kappa shape index (κ3) is 5.44. The van der Waals surface area contributed by atoms with Gasteiger partial charge < -0.3 is 9.32 Å². The van der Waals surface area contributed by atoms with Gasteiger partial charge in [-0.25, -0.2) is 0 Å². The van der Waals surface area contributed by atoms with Crippen LogP contribution in [0.3, 0.4) is 0 Å². The molecule has 0 aliphatic carbocycles. The van der Waals surface area contributed by atoms with Crippen LogP contribution < -0.4 is 0 Å². The normalized spacial score (nSPS) is 15.8. The van der Waals surface area contributed by atoms with E-state index in [0.29, 0.717) is 38.3 Å². The van der Waals surface area contributed by atoms with Gasteiger partial charge in [-0.3, -0.25) is 19.8 Å². The molecule has 1 saturated heterocycles. The molecule has 1 aliphatic rings. The van der Waals surface area contributed by atoms with Gasteiger partial charge in [0.25, 0.3) is 0 Å². The number of piperazine rings is 1. The number of rotatable bonds is 5. The van der Waals surface area contributed by atoms with Crippen molar-refractivity contribution in [3.63, 3.8) is 0 Å². The lowest BCUT2D eigenvalue weighted by molar-refractivity contribution is -0.402. The average molecular weight is 409 g/mol. The Hall–Kier alpha value is -3.14. The van der Waals surface area contributed by atoms with Crippen LogP contribution in [0.5, 0.6) is 0 Å². The summed E-state index contributed by atoms with van der Waals surface area (Å²) in [5.74, 6) is -0.462. The zero-order chi connectivity index (χ0) is 21.0. The average Bonchev–Trinajstić information content (AvgIpc) is 3.16. The maximum Gasteiger partial charge on any atom is 0.433 e. The molecule has 7 nitrogen and oxygen atoms in total. The minimum atomic E-state index is -4.37. The summed E-state index contributed by atoms with van der Waals surface area (Å²) in [6, 6.07) is 7.83. The van der Waals surface area contributed by atoms with Crippen LogP contribution in [0.4, 0.5) is 19.1 Å². The summed E-state index contributed by atoms with van der Waals surface area (Å²) in [5, 5.41) is 10.6. The lowest BCUT2D eigenvalue weighted by Gasteiger charge is -2.34. The zero-order valence-corrected chi connectivity index (χ0v) is 15.3. The molecule has 2 heterocycles. The highest BCUT2D eigenvalue weighted by atomic mass is 19.4. The van der Waals surface area contributed by atoms with Gasteiger partial charge in [-0.1, -0.05) is 18.2 Å². The summed E-state index contributed by atoms with van der Waals surface area (Å²) in [6.45, 7) is 2.29. The Bertz CT molecular complexity index is 915. The minimum Gasteiger partial charge on any atom is -0.401 e. The first kappa shape index (κ1) is 20.6. The highest BCUT2D eigenvalue weighted by Crippen LogP contribution is 2.29. The molecule has 0 bridgehead atoms. The molecular weight excluding hydrogens is 391 g/mol. The number of furan rings is 1. The second-order valence-corrected chi connectivity index (χ2v) is 6.57. The van der Waals surface area contributed by atoms with Crippen molar-refractivity contribution in [2.75, 3.05) is 26.2 Å². The Morgan fingerprint density at radius 3 is 2.52 bits per heavy atom. The first-order chi connectivity index (χ1) is 13.7. The number of carbonyl (C=O) groups is 1. The molecule has 0 spiro atoms. The SMILES string of the molecule is O=C(/C=C/c1ccc([N+](=O)[O-])o1)N1CCN(Cc2cccc(C(F)(F)F)c2)CC1. The molecule has 0 unspecified atom stereocenters. The number of nitro groups is 1. The van der Waals surface area contributed by atoms with E-state index in [0.717, 1.165) is 12.1 Å². The van der Waals surface area contributed by atoms with Gasteiger partial charge in [0.05, 0.1) is 11.6 Å². The van der Waals surface area contributed by atoms with E-state index < -0.39 is 22.5 Å². The van der Waals surface area contributed by atoms with Crippen LogP contribution in [0.2, 0.25) is 0 Å². The van der Waals surface area contributed by atoms with Crippen molar-refractivity contribution in [2.45, 2.75) is 12.7 Å². The first-order valence-electron chi connectivity index (χ1n) is 8.82. The van der Waals surface area contributed by atoms with E-state index in [2.05, 4.69) is 0 Å². The molecule has 3 rings (SSSR count). The molecule has 1 fully saturated rings. The van der Waals surface area contributed by atoms with Gasteiger partial charge in [-0.15, -0.1) is 0 Å². The summed E-state index contributed by atoms with van der Waals surface area (Å²) < 4.78 is 43.4. The predicted octanol–water partition coefficient (Wildman–Crippen LogP) is 3.56. The fourth-order valence-electron chi connectivity index (χ4n) is 3.02. The van der Waals surface area contributed by atoms with Crippen LogP contribution in [0.25, 0.3) is 6.08 Å². The van der Waals surface area contributed by atoms with Crippen LogP contribution in [-0.2, 0) is 17.5 Å². The highest BCUT2D eigenvalue weighted by molar-refractivity contribution is 5.91. The Kier molecular flexibility index (Phi) is 6.02. The van der Waals surface area contributed by atoms with Gasteiger partial charge >= 0.3 is 12.1 Å². The van der Waals surface area contributed by atoms with Gasteiger partial charge in [-0.2, -0.15) is 13.2 Å². The van der Waals surface area contributed by atoms with Gasteiger partial charge in [-0.05, 0) is 23.8 Å². The van der Waals surface area contributed by atoms with Gasteiger partial charge in [0.15, 0.2) is 0 Å². The van der Waals surface area contributed by atoms with Crippen molar-refractivity contribution in [1.82, 2.24) is 9.80 Å². The first-order valence-corrected chi connectivity index (χ1v) is 8.82. The Morgan fingerprint density at radius 1 is 1.17 bits per heavy atom. The van der Waals surface area contributed by atoms with E-state index in [9.17, 15) is 28.1 Å². The van der Waals surface area contributed by atoms with Gasteiger partial charge in [0.2, 0.25) is 5.91 Å². The largest absolute Gasteiger partial charge is 0.433 e. The Balaban J connectivity index is 1.51. The monoisotopic (exact) mass is 409 g/mol. The molecule has 0 N–H and O–H groups in total. The fraction of sp³-hybridized carbons (Fsp3) is 0.316. The molecular formula is C19H18F3N3O4. The number of hydrogen-bond donors (Lipinski definition) is 0. The predicted molar refractivity (Wildman–Crippen MR) is 97.7 cm³/mol. The van der Waals surface area contributed by atoms with E-state index in [1.54, 1.807) is 11.0 Å². The van der Waals surface area contributed by atoms with Crippen molar-refractivity contribution in [2.24, 2.45) is 0 Å². The number of alkyl halides is 3. The van der Waals surface area contributed by atoms with E-state index >= 15 is 0 Å². The lowest BCUT2D eigenvalue weighted by Crippen LogP contribution is -2.47. The maximum absolute atomic E-state index is 12.8. The van der Waals surface area contributed by atoms with Crippen LogP contribution in [0.1, 0.15) is 16.9 Å². The summed E-state index contributed by atoms with van der Waals surface area (Å²) >= 11 is 0. The fourth-order valence-corrected chi connectivity index (χ4v) is 3.02. The molecule has 0 atom stereocenters. The summed E-state index contributed by atoms with van der Waals surface area (Å²) in [7, 11) is 0. The molecule has 10 heteroatoms. The molecule has 1 amide bonds. The van der Waals surface area contributed by atoms with Crippen LogP contribution >= 0.6 is 0 Å². The third-order valence-corrected chi connectivity index (χ3v) is 4.53. The minimum absolute atomic E-state index is 0.202. The maximum atomic E-state index is 12.8. The summed E-state index contributed by atoms with van der Waals surface area (Å²) in [6.07, 6.45) is -1.72. The smallest absolute Gasteiger partial charge is 0.401 e. The molecule has 1 aliphatic heterocycles. The van der Waals surface area contributed by atoms with Crippen LogP contribution in [-0.4, -0.2) is 46.8 Å². The molecule has 29 heavy (non-hydrogen) atoms. The van der Waals surface area contributed by atoms with Crippen molar-refractivity contribution in [3.8, 4) is 0 Å². The second kappa shape index (κ2) is 8.48. The molecule has 0 radical (unpaired) electrons. The number of benzene rings is 1. The second-order valence-electron chi connectivity index (χ2n) is 6.57.